The predicted molar refractivity (Wildman–Crippen MR) is 186 cm³/mol. The smallest absolute Gasteiger partial charge is 0.508 e. The summed E-state index contributed by atoms with van der Waals surface area (Å²) in [5, 5.41) is 9.10. The van der Waals surface area contributed by atoms with Gasteiger partial charge in [0.25, 0.3) is 0 Å². The van der Waals surface area contributed by atoms with Gasteiger partial charge in [0.15, 0.2) is 0 Å². The molecule has 0 aliphatic heterocycles. The van der Waals surface area contributed by atoms with E-state index in [1.54, 1.807) is 86.6 Å². The molecular weight excluding hydrogens is 612 g/mol. The lowest BCUT2D eigenvalue weighted by molar-refractivity contribution is -0.0294. The molecule has 0 amide bonds. The molecule has 0 saturated carbocycles. The number of carbonyl (C=O) groups excluding carboxylic acids is 3. The second-order valence-electron chi connectivity index (χ2n) is 13.4. The van der Waals surface area contributed by atoms with Crippen molar-refractivity contribution in [2.24, 2.45) is 0 Å². The number of rotatable bonds is 3. The highest BCUT2D eigenvalue weighted by Crippen LogP contribution is 2.23. The highest BCUT2D eigenvalue weighted by Gasteiger charge is 2.24. The normalized spacial score (nSPS) is 10.9. The number of carbonyl (C=O) groups is 3. The van der Waals surface area contributed by atoms with E-state index >= 15 is 0 Å². The Bertz CT molecular complexity index is 1530. The summed E-state index contributed by atoms with van der Waals surface area (Å²) in [5.74, 6) is 0.776. The molecular formula is C39H46O9. The summed E-state index contributed by atoms with van der Waals surface area (Å²) in [4.78, 5) is 33.6. The van der Waals surface area contributed by atoms with E-state index in [4.69, 9.17) is 24.1 Å². The standard InChI is InChI=1S/C17H18O3.C12H10O.C10H18O5/c1-17(2,3)20-16(18)19-15-11-9-14(10-12-15)13-7-5-4-6-8-13;13-12-8-6-11(7-9-12)10-4-2-1-3-5-10;1-9(2,3)14-7(11)13-8(12)15-10(4,5)6/h4-12H,1-3H3;1-9,13H;1-6H3. The Morgan fingerprint density at radius 3 is 1.10 bits per heavy atom. The number of aromatic hydroxyl groups is 1. The first-order valence-electron chi connectivity index (χ1n) is 15.3. The molecule has 4 rings (SSSR count). The predicted octanol–water partition coefficient (Wildman–Crippen LogP) is 10.6. The van der Waals surface area contributed by atoms with Crippen LogP contribution in [0.15, 0.2) is 109 Å². The van der Waals surface area contributed by atoms with Gasteiger partial charge in [0.1, 0.15) is 28.3 Å². The van der Waals surface area contributed by atoms with Gasteiger partial charge in [0, 0.05) is 0 Å². The van der Waals surface area contributed by atoms with Crippen LogP contribution in [0.3, 0.4) is 0 Å². The highest BCUT2D eigenvalue weighted by molar-refractivity contribution is 5.77. The van der Waals surface area contributed by atoms with Crippen molar-refractivity contribution in [1.82, 2.24) is 0 Å². The summed E-state index contributed by atoms with van der Waals surface area (Å²) in [7, 11) is 0. The van der Waals surface area contributed by atoms with E-state index in [0.717, 1.165) is 16.7 Å². The SMILES string of the molecule is CC(C)(C)OC(=O)OC(=O)OC(C)(C)C.CC(C)(C)OC(=O)Oc1ccc(-c2ccccc2)cc1.Oc1ccc(-c2ccccc2)cc1. The van der Waals surface area contributed by atoms with Gasteiger partial charge in [0.2, 0.25) is 0 Å². The summed E-state index contributed by atoms with van der Waals surface area (Å²) in [5.41, 5.74) is 2.54. The van der Waals surface area contributed by atoms with Gasteiger partial charge in [-0.3, -0.25) is 0 Å². The summed E-state index contributed by atoms with van der Waals surface area (Å²) >= 11 is 0. The molecule has 0 heterocycles. The highest BCUT2D eigenvalue weighted by atomic mass is 16.8. The Labute approximate surface area is 283 Å². The van der Waals surface area contributed by atoms with Gasteiger partial charge in [-0.25, -0.2) is 14.4 Å². The van der Waals surface area contributed by atoms with Gasteiger partial charge in [-0.05, 0) is 109 Å². The molecule has 0 atom stereocenters. The van der Waals surface area contributed by atoms with Gasteiger partial charge in [-0.2, -0.15) is 0 Å². The molecule has 4 aromatic rings. The van der Waals surface area contributed by atoms with Crippen molar-refractivity contribution in [2.45, 2.75) is 79.1 Å². The number of benzene rings is 4. The largest absolute Gasteiger partial charge is 0.519 e. The topological polar surface area (TPSA) is 118 Å². The maximum Gasteiger partial charge on any atom is 0.519 e. The summed E-state index contributed by atoms with van der Waals surface area (Å²) < 4.78 is 24.0. The second-order valence-corrected chi connectivity index (χ2v) is 13.4. The first-order chi connectivity index (χ1) is 22.3. The van der Waals surface area contributed by atoms with Crippen molar-refractivity contribution in [2.75, 3.05) is 0 Å². The summed E-state index contributed by atoms with van der Waals surface area (Å²) in [6.45, 7) is 15.4. The molecule has 0 radical (unpaired) electrons. The van der Waals surface area contributed by atoms with Crippen LogP contribution in [0.1, 0.15) is 62.3 Å². The molecule has 0 saturated heterocycles. The Hall–Kier alpha value is -5.31. The average molecular weight is 659 g/mol. The van der Waals surface area contributed by atoms with Crippen LogP contribution in [-0.2, 0) is 18.9 Å². The first kappa shape index (κ1) is 38.9. The molecule has 0 aliphatic carbocycles. The van der Waals surface area contributed by atoms with E-state index in [1.165, 1.54) is 5.56 Å². The van der Waals surface area contributed by atoms with Crippen LogP contribution < -0.4 is 4.74 Å². The van der Waals surface area contributed by atoms with E-state index in [1.807, 2.05) is 84.9 Å². The van der Waals surface area contributed by atoms with Gasteiger partial charge in [-0.1, -0.05) is 84.9 Å². The molecule has 0 unspecified atom stereocenters. The minimum Gasteiger partial charge on any atom is -0.508 e. The fourth-order valence-electron chi connectivity index (χ4n) is 3.61. The van der Waals surface area contributed by atoms with Gasteiger partial charge >= 0.3 is 18.5 Å². The number of hydrogen-bond donors (Lipinski definition) is 1. The zero-order valence-electron chi connectivity index (χ0n) is 29.1. The van der Waals surface area contributed by atoms with Crippen molar-refractivity contribution in [3.63, 3.8) is 0 Å². The van der Waals surface area contributed by atoms with Gasteiger partial charge < -0.3 is 28.8 Å². The van der Waals surface area contributed by atoms with Crippen molar-refractivity contribution in [3.05, 3.63) is 109 Å². The lowest BCUT2D eigenvalue weighted by atomic mass is 10.1. The fourth-order valence-corrected chi connectivity index (χ4v) is 3.61. The van der Waals surface area contributed by atoms with Crippen LogP contribution >= 0.6 is 0 Å². The first-order valence-corrected chi connectivity index (χ1v) is 15.3. The van der Waals surface area contributed by atoms with Crippen molar-refractivity contribution in [1.29, 1.82) is 0 Å². The molecule has 256 valence electrons. The number of phenolic OH excluding ortho intramolecular Hbond substituents is 1. The number of hydrogen-bond acceptors (Lipinski definition) is 9. The molecule has 4 aromatic carbocycles. The Morgan fingerprint density at radius 1 is 0.438 bits per heavy atom. The molecule has 0 bridgehead atoms. The average Bonchev–Trinajstić information content (AvgIpc) is 2.96. The van der Waals surface area contributed by atoms with Crippen LogP contribution in [-0.4, -0.2) is 40.4 Å². The van der Waals surface area contributed by atoms with Crippen LogP contribution in [0.4, 0.5) is 14.4 Å². The maximum atomic E-state index is 11.5. The molecule has 0 aliphatic rings. The van der Waals surface area contributed by atoms with Crippen LogP contribution in [0.2, 0.25) is 0 Å². The van der Waals surface area contributed by atoms with E-state index in [-0.39, 0.29) is 0 Å². The lowest BCUT2D eigenvalue weighted by Gasteiger charge is -2.20. The van der Waals surface area contributed by atoms with Crippen molar-refractivity contribution >= 4 is 18.5 Å². The molecule has 0 spiro atoms. The Kier molecular flexibility index (Phi) is 14.2. The molecule has 1 N–H and O–H groups in total. The van der Waals surface area contributed by atoms with Crippen LogP contribution in [0.25, 0.3) is 22.3 Å². The Balaban J connectivity index is 0.000000257. The minimum atomic E-state index is -1.06. The molecule has 9 nitrogen and oxygen atoms in total. The fraction of sp³-hybridized carbons (Fsp3) is 0.308. The monoisotopic (exact) mass is 658 g/mol. The Morgan fingerprint density at radius 2 is 0.750 bits per heavy atom. The summed E-state index contributed by atoms with van der Waals surface area (Å²) in [6, 6.07) is 34.6. The van der Waals surface area contributed by atoms with Crippen LogP contribution in [0.5, 0.6) is 11.5 Å². The molecule has 0 aromatic heterocycles. The second kappa shape index (κ2) is 17.6. The minimum absolute atomic E-state index is 0.305. The maximum absolute atomic E-state index is 11.5. The van der Waals surface area contributed by atoms with E-state index in [9.17, 15) is 14.4 Å². The third-order valence-corrected chi connectivity index (χ3v) is 5.47. The van der Waals surface area contributed by atoms with Crippen molar-refractivity contribution in [3.8, 4) is 33.8 Å². The van der Waals surface area contributed by atoms with E-state index < -0.39 is 35.3 Å². The zero-order valence-corrected chi connectivity index (χ0v) is 29.1. The summed E-state index contributed by atoms with van der Waals surface area (Å²) in [6.07, 6.45) is -2.81. The number of ether oxygens (including phenoxy) is 5. The van der Waals surface area contributed by atoms with E-state index in [0.29, 0.717) is 11.5 Å². The van der Waals surface area contributed by atoms with Crippen molar-refractivity contribution < 1.29 is 43.2 Å². The third-order valence-electron chi connectivity index (χ3n) is 5.47. The van der Waals surface area contributed by atoms with Crippen LogP contribution in [0, 0.1) is 0 Å². The van der Waals surface area contributed by atoms with Gasteiger partial charge in [0.05, 0.1) is 0 Å². The third kappa shape index (κ3) is 16.8. The zero-order chi connectivity index (χ0) is 36.0. The quantitative estimate of drug-likeness (QED) is 0.0992. The van der Waals surface area contributed by atoms with Gasteiger partial charge in [-0.15, -0.1) is 0 Å². The lowest BCUT2D eigenvalue weighted by Crippen LogP contribution is -2.29. The van der Waals surface area contributed by atoms with E-state index in [2.05, 4.69) is 4.74 Å². The molecule has 48 heavy (non-hydrogen) atoms. The molecule has 9 heteroatoms. The molecule has 0 fully saturated rings. The number of phenols is 1.